The Morgan fingerprint density at radius 2 is 1.80 bits per heavy atom. The number of hydrogen-bond donors (Lipinski definition) is 1. The van der Waals surface area contributed by atoms with Crippen molar-refractivity contribution in [2.45, 2.75) is 12.8 Å². The average Bonchev–Trinajstić information content (AvgIpc) is 2.64. The van der Waals surface area contributed by atoms with Gasteiger partial charge < -0.3 is 15.0 Å². The first-order valence-corrected chi connectivity index (χ1v) is 8.31. The van der Waals surface area contributed by atoms with Crippen LogP contribution in [0.2, 0.25) is 0 Å². The van der Waals surface area contributed by atoms with E-state index < -0.39 is 5.97 Å². The minimum Gasteiger partial charge on any atom is -0.452 e. The molecule has 0 spiro atoms. The lowest BCUT2D eigenvalue weighted by Crippen LogP contribution is -2.29. The zero-order valence-corrected chi connectivity index (χ0v) is 14.7. The summed E-state index contributed by atoms with van der Waals surface area (Å²) in [5.74, 6) is -0.784. The first-order valence-electron chi connectivity index (χ1n) is 8.31. The molecule has 0 fully saturated rings. The number of aryl methyl sites for hydroxylation is 1. The number of carbonyl (C=O) groups excluding carboxylic acids is 2. The number of esters is 1. The first kappa shape index (κ1) is 18.5. The lowest BCUT2D eigenvalue weighted by Gasteiger charge is -2.13. The molecule has 0 unspecified atom stereocenters. The number of amides is 1. The minimum atomic E-state index is -0.497. The van der Waals surface area contributed by atoms with Crippen molar-refractivity contribution in [2.75, 3.05) is 32.1 Å². The molecule has 0 radical (unpaired) electrons. The average molecular weight is 340 g/mol. The van der Waals surface area contributed by atoms with Crippen molar-refractivity contribution in [3.05, 3.63) is 65.7 Å². The summed E-state index contributed by atoms with van der Waals surface area (Å²) in [7, 11) is 3.79. The standard InChI is InChI=1S/C20H24N2O3/c1-22(2)18-12-6-11-17(14-18)20(24)25-15-19(23)21-13-7-10-16-8-4-3-5-9-16/h3-6,8-9,11-12,14H,7,10,13,15H2,1-2H3,(H,21,23). The van der Waals surface area contributed by atoms with Gasteiger partial charge in [-0.1, -0.05) is 36.4 Å². The Morgan fingerprint density at radius 1 is 1.04 bits per heavy atom. The topological polar surface area (TPSA) is 58.6 Å². The van der Waals surface area contributed by atoms with Gasteiger partial charge in [-0.25, -0.2) is 4.79 Å². The summed E-state index contributed by atoms with van der Waals surface area (Å²) < 4.78 is 5.07. The molecule has 0 aliphatic heterocycles. The van der Waals surface area contributed by atoms with E-state index in [1.54, 1.807) is 18.2 Å². The molecule has 1 amide bonds. The third-order valence-electron chi connectivity index (χ3n) is 3.74. The summed E-state index contributed by atoms with van der Waals surface area (Å²) in [4.78, 5) is 25.7. The van der Waals surface area contributed by atoms with E-state index in [-0.39, 0.29) is 12.5 Å². The molecule has 0 aromatic heterocycles. The van der Waals surface area contributed by atoms with E-state index >= 15 is 0 Å². The van der Waals surface area contributed by atoms with Crippen molar-refractivity contribution in [2.24, 2.45) is 0 Å². The van der Waals surface area contributed by atoms with Crippen LogP contribution in [0.1, 0.15) is 22.3 Å². The normalized spacial score (nSPS) is 10.2. The quantitative estimate of drug-likeness (QED) is 0.593. The summed E-state index contributed by atoms with van der Waals surface area (Å²) in [6.07, 6.45) is 1.74. The van der Waals surface area contributed by atoms with Crippen molar-refractivity contribution in [3.8, 4) is 0 Å². The van der Waals surface area contributed by atoms with Crippen LogP contribution < -0.4 is 10.2 Å². The van der Waals surface area contributed by atoms with Crippen LogP contribution >= 0.6 is 0 Å². The molecular formula is C20H24N2O3. The number of ether oxygens (including phenoxy) is 1. The highest BCUT2D eigenvalue weighted by Crippen LogP contribution is 2.14. The van der Waals surface area contributed by atoms with Gasteiger partial charge in [0.25, 0.3) is 5.91 Å². The smallest absolute Gasteiger partial charge is 0.338 e. The zero-order chi connectivity index (χ0) is 18.1. The Balaban J connectivity index is 1.69. The SMILES string of the molecule is CN(C)c1cccc(C(=O)OCC(=O)NCCCc2ccccc2)c1. The maximum absolute atomic E-state index is 12.0. The fourth-order valence-corrected chi connectivity index (χ4v) is 2.34. The molecule has 0 saturated carbocycles. The summed E-state index contributed by atoms with van der Waals surface area (Å²) in [5, 5.41) is 2.76. The molecule has 5 nitrogen and oxygen atoms in total. The molecule has 0 saturated heterocycles. The zero-order valence-electron chi connectivity index (χ0n) is 14.7. The largest absolute Gasteiger partial charge is 0.452 e. The molecule has 0 bridgehead atoms. The second-order valence-electron chi connectivity index (χ2n) is 5.96. The summed E-state index contributed by atoms with van der Waals surface area (Å²) in [5.41, 5.74) is 2.58. The molecule has 132 valence electrons. The van der Waals surface area contributed by atoms with Gasteiger partial charge in [-0.15, -0.1) is 0 Å². The molecule has 0 atom stereocenters. The van der Waals surface area contributed by atoms with Gasteiger partial charge in [-0.3, -0.25) is 4.79 Å². The minimum absolute atomic E-state index is 0.267. The lowest BCUT2D eigenvalue weighted by molar-refractivity contribution is -0.124. The Labute approximate surface area is 148 Å². The van der Waals surface area contributed by atoms with Gasteiger partial charge in [0, 0.05) is 26.3 Å². The van der Waals surface area contributed by atoms with Crippen molar-refractivity contribution >= 4 is 17.6 Å². The molecule has 0 heterocycles. The summed E-state index contributed by atoms with van der Waals surface area (Å²) in [6.45, 7) is 0.289. The van der Waals surface area contributed by atoms with Gasteiger partial charge in [0.2, 0.25) is 0 Å². The van der Waals surface area contributed by atoms with Gasteiger partial charge in [0.1, 0.15) is 0 Å². The van der Waals surface area contributed by atoms with Crippen molar-refractivity contribution < 1.29 is 14.3 Å². The van der Waals surface area contributed by atoms with Crippen LogP contribution in [0.5, 0.6) is 0 Å². The van der Waals surface area contributed by atoms with Crippen LogP contribution in [-0.4, -0.2) is 39.1 Å². The number of hydrogen-bond acceptors (Lipinski definition) is 4. The third-order valence-corrected chi connectivity index (χ3v) is 3.74. The molecular weight excluding hydrogens is 316 g/mol. The lowest BCUT2D eigenvalue weighted by atomic mass is 10.1. The Hall–Kier alpha value is -2.82. The number of benzene rings is 2. The summed E-state index contributed by atoms with van der Waals surface area (Å²) in [6, 6.07) is 17.2. The number of rotatable bonds is 8. The predicted octanol–water partition coefficient (Wildman–Crippen LogP) is 2.66. The van der Waals surface area contributed by atoms with Crippen LogP contribution in [-0.2, 0) is 16.0 Å². The number of nitrogens with one attached hydrogen (secondary N) is 1. The van der Waals surface area contributed by atoms with E-state index in [1.807, 2.05) is 43.3 Å². The van der Waals surface area contributed by atoms with Gasteiger partial charge in [-0.2, -0.15) is 0 Å². The molecule has 2 aromatic rings. The molecule has 0 aliphatic rings. The van der Waals surface area contributed by atoms with Crippen LogP contribution in [0.15, 0.2) is 54.6 Å². The highest BCUT2D eigenvalue weighted by molar-refractivity contribution is 5.92. The molecule has 2 rings (SSSR count). The van der Waals surface area contributed by atoms with Crippen LogP contribution in [0.4, 0.5) is 5.69 Å². The second kappa shape index (κ2) is 9.47. The number of carbonyl (C=O) groups is 2. The molecule has 2 aromatic carbocycles. The van der Waals surface area contributed by atoms with E-state index in [9.17, 15) is 9.59 Å². The van der Waals surface area contributed by atoms with Gasteiger partial charge in [0.05, 0.1) is 5.56 Å². The third kappa shape index (κ3) is 6.30. The monoisotopic (exact) mass is 340 g/mol. The Bertz CT molecular complexity index is 699. The molecule has 0 aliphatic carbocycles. The van der Waals surface area contributed by atoms with Crippen LogP contribution in [0, 0.1) is 0 Å². The Morgan fingerprint density at radius 3 is 2.52 bits per heavy atom. The van der Waals surface area contributed by atoms with Crippen molar-refractivity contribution in [1.29, 1.82) is 0 Å². The molecule has 25 heavy (non-hydrogen) atoms. The van der Waals surface area contributed by atoms with Crippen molar-refractivity contribution in [1.82, 2.24) is 5.32 Å². The van der Waals surface area contributed by atoms with Gasteiger partial charge >= 0.3 is 5.97 Å². The van der Waals surface area contributed by atoms with Crippen LogP contribution in [0.25, 0.3) is 0 Å². The maximum atomic E-state index is 12.0. The number of nitrogens with zero attached hydrogens (tertiary/aromatic N) is 1. The van der Waals surface area contributed by atoms with Crippen LogP contribution in [0.3, 0.4) is 0 Å². The van der Waals surface area contributed by atoms with E-state index in [0.29, 0.717) is 12.1 Å². The first-order chi connectivity index (χ1) is 12.1. The van der Waals surface area contributed by atoms with Gasteiger partial charge in [-0.05, 0) is 36.6 Å². The number of anilines is 1. The Kier molecular flexibility index (Phi) is 7.01. The van der Waals surface area contributed by atoms with E-state index in [2.05, 4.69) is 17.4 Å². The van der Waals surface area contributed by atoms with E-state index in [1.165, 1.54) is 5.56 Å². The summed E-state index contributed by atoms with van der Waals surface area (Å²) >= 11 is 0. The van der Waals surface area contributed by atoms with E-state index in [0.717, 1.165) is 18.5 Å². The molecule has 5 heteroatoms. The highest BCUT2D eigenvalue weighted by atomic mass is 16.5. The van der Waals surface area contributed by atoms with E-state index in [4.69, 9.17) is 4.74 Å². The highest BCUT2D eigenvalue weighted by Gasteiger charge is 2.11. The fraction of sp³-hybridized carbons (Fsp3) is 0.300. The molecule has 1 N–H and O–H groups in total. The van der Waals surface area contributed by atoms with Crippen molar-refractivity contribution in [3.63, 3.8) is 0 Å². The maximum Gasteiger partial charge on any atom is 0.338 e. The fourth-order valence-electron chi connectivity index (χ4n) is 2.34. The predicted molar refractivity (Wildman–Crippen MR) is 98.8 cm³/mol. The van der Waals surface area contributed by atoms with Gasteiger partial charge in [0.15, 0.2) is 6.61 Å². The second-order valence-corrected chi connectivity index (χ2v) is 5.96.